The van der Waals surface area contributed by atoms with E-state index < -0.39 is 0 Å². The lowest BCUT2D eigenvalue weighted by atomic mass is 9.98. The third kappa shape index (κ3) is 2.87. The predicted molar refractivity (Wildman–Crippen MR) is 81.3 cm³/mol. The van der Waals surface area contributed by atoms with E-state index >= 15 is 0 Å². The Labute approximate surface area is 120 Å². The molecule has 2 aromatic rings. The summed E-state index contributed by atoms with van der Waals surface area (Å²) in [6.45, 7) is 8.94. The minimum absolute atomic E-state index is 0.0223. The zero-order valence-electron chi connectivity index (χ0n) is 12.6. The van der Waals surface area contributed by atoms with Crippen molar-refractivity contribution in [2.24, 2.45) is 11.8 Å². The lowest BCUT2D eigenvalue weighted by molar-refractivity contribution is -0.00193. The minimum Gasteiger partial charge on any atom is -0.459 e. The van der Waals surface area contributed by atoms with Gasteiger partial charge < -0.3 is 9.15 Å². The summed E-state index contributed by atoms with van der Waals surface area (Å²) in [6, 6.07) is 8.02. The number of fused-ring (bicyclic) bond motifs is 1. The molecule has 0 aliphatic rings. The first kappa shape index (κ1) is 15.0. The van der Waals surface area contributed by atoms with Gasteiger partial charge in [0, 0.05) is 12.0 Å². The van der Waals surface area contributed by atoms with Crippen LogP contribution in [-0.2, 0) is 4.74 Å². The van der Waals surface area contributed by atoms with Crippen molar-refractivity contribution in [3.8, 4) is 0 Å². The van der Waals surface area contributed by atoms with Crippen LogP contribution in [0.1, 0.15) is 38.1 Å². The lowest BCUT2D eigenvalue weighted by Gasteiger charge is -2.28. The van der Waals surface area contributed by atoms with E-state index in [0.717, 1.165) is 22.3 Å². The molecule has 0 fully saturated rings. The van der Waals surface area contributed by atoms with E-state index in [9.17, 15) is 0 Å². The number of hydrogen-bond donors (Lipinski definition) is 2. The van der Waals surface area contributed by atoms with Crippen LogP contribution in [0.2, 0.25) is 0 Å². The molecule has 0 bridgehead atoms. The molecule has 4 nitrogen and oxygen atoms in total. The molecular formula is C16H24N2O2. The lowest BCUT2D eigenvalue weighted by Crippen LogP contribution is -2.40. The number of benzene rings is 1. The fourth-order valence-corrected chi connectivity index (χ4v) is 2.59. The van der Waals surface area contributed by atoms with Gasteiger partial charge in [-0.1, -0.05) is 32.0 Å². The van der Waals surface area contributed by atoms with Gasteiger partial charge in [0.2, 0.25) is 0 Å². The van der Waals surface area contributed by atoms with Crippen molar-refractivity contribution < 1.29 is 9.15 Å². The molecule has 0 spiro atoms. The van der Waals surface area contributed by atoms with Crippen LogP contribution in [-0.4, -0.2) is 12.7 Å². The predicted octanol–water partition coefficient (Wildman–Crippen LogP) is 3.31. The minimum atomic E-state index is -0.151. The fraction of sp³-hybridized carbons (Fsp3) is 0.500. The Hall–Kier alpha value is -1.36. The number of rotatable bonds is 6. The molecule has 0 amide bonds. The molecule has 3 N–H and O–H groups in total. The third-order valence-electron chi connectivity index (χ3n) is 3.59. The standard InChI is InChI=1S/C16H24N2O2/c1-5-19-15(10(2)3)14(18-17)13-9-12-8-6-7-11(4)16(12)20-13/h6-10,14-15,18H,5,17H2,1-4H3. The van der Waals surface area contributed by atoms with Gasteiger partial charge in [-0.25, -0.2) is 5.43 Å². The Kier molecular flexibility index (Phi) is 4.81. The highest BCUT2D eigenvalue weighted by Gasteiger charge is 2.28. The summed E-state index contributed by atoms with van der Waals surface area (Å²) in [6.07, 6.45) is -0.0223. The maximum Gasteiger partial charge on any atom is 0.137 e. The summed E-state index contributed by atoms with van der Waals surface area (Å²) in [5.41, 5.74) is 4.89. The van der Waals surface area contributed by atoms with Crippen LogP contribution in [0.5, 0.6) is 0 Å². The summed E-state index contributed by atoms with van der Waals surface area (Å²) in [5, 5.41) is 1.10. The van der Waals surface area contributed by atoms with Gasteiger partial charge in [0.25, 0.3) is 0 Å². The van der Waals surface area contributed by atoms with E-state index in [4.69, 9.17) is 15.0 Å². The summed E-state index contributed by atoms with van der Waals surface area (Å²) in [7, 11) is 0. The van der Waals surface area contributed by atoms with Gasteiger partial charge in [-0.15, -0.1) is 0 Å². The first-order chi connectivity index (χ1) is 9.58. The van der Waals surface area contributed by atoms with E-state index in [0.29, 0.717) is 12.5 Å². The van der Waals surface area contributed by atoms with Crippen LogP contribution in [0.25, 0.3) is 11.0 Å². The van der Waals surface area contributed by atoms with Crippen LogP contribution in [0.15, 0.2) is 28.7 Å². The first-order valence-corrected chi connectivity index (χ1v) is 7.15. The summed E-state index contributed by atoms with van der Waals surface area (Å²) >= 11 is 0. The average molecular weight is 276 g/mol. The second kappa shape index (κ2) is 6.39. The molecule has 0 saturated carbocycles. The quantitative estimate of drug-likeness (QED) is 0.627. The Bertz CT molecular complexity index is 563. The Balaban J connectivity index is 2.40. The van der Waals surface area contributed by atoms with Crippen LogP contribution in [0.4, 0.5) is 0 Å². The van der Waals surface area contributed by atoms with Gasteiger partial charge in [0.1, 0.15) is 17.4 Å². The molecule has 0 radical (unpaired) electrons. The van der Waals surface area contributed by atoms with Gasteiger partial charge in [0.05, 0.1) is 6.10 Å². The Morgan fingerprint density at radius 2 is 2.10 bits per heavy atom. The number of hydrogen-bond acceptors (Lipinski definition) is 4. The maximum atomic E-state index is 6.01. The maximum absolute atomic E-state index is 6.01. The van der Waals surface area contributed by atoms with Crippen LogP contribution in [0.3, 0.4) is 0 Å². The molecule has 1 aromatic carbocycles. The molecule has 4 heteroatoms. The normalized spacial score (nSPS) is 14.9. The molecule has 0 saturated heterocycles. The topological polar surface area (TPSA) is 60.4 Å². The number of nitrogens with one attached hydrogen (secondary N) is 1. The van der Waals surface area contributed by atoms with Crippen molar-refractivity contribution in [3.63, 3.8) is 0 Å². The van der Waals surface area contributed by atoms with E-state index in [2.05, 4.69) is 19.3 Å². The van der Waals surface area contributed by atoms with E-state index in [-0.39, 0.29) is 12.1 Å². The van der Waals surface area contributed by atoms with Gasteiger partial charge >= 0.3 is 0 Å². The molecule has 2 unspecified atom stereocenters. The Morgan fingerprint density at radius 3 is 2.65 bits per heavy atom. The van der Waals surface area contributed by atoms with E-state index in [1.165, 1.54) is 0 Å². The fourth-order valence-electron chi connectivity index (χ4n) is 2.59. The molecule has 0 aliphatic carbocycles. The molecular weight excluding hydrogens is 252 g/mol. The summed E-state index contributed by atoms with van der Waals surface area (Å²) < 4.78 is 11.8. The highest BCUT2D eigenvalue weighted by molar-refractivity contribution is 5.81. The second-order valence-electron chi connectivity index (χ2n) is 5.45. The molecule has 1 aromatic heterocycles. The van der Waals surface area contributed by atoms with Crippen molar-refractivity contribution in [1.82, 2.24) is 5.43 Å². The third-order valence-corrected chi connectivity index (χ3v) is 3.59. The number of para-hydroxylation sites is 1. The smallest absolute Gasteiger partial charge is 0.137 e. The van der Waals surface area contributed by atoms with Crippen molar-refractivity contribution in [1.29, 1.82) is 0 Å². The number of nitrogens with two attached hydrogens (primary N) is 1. The van der Waals surface area contributed by atoms with E-state index in [1.54, 1.807) is 0 Å². The van der Waals surface area contributed by atoms with Gasteiger partial charge in [-0.2, -0.15) is 0 Å². The average Bonchev–Trinajstić information content (AvgIpc) is 2.83. The summed E-state index contributed by atoms with van der Waals surface area (Å²) in [5.74, 6) is 6.91. The largest absolute Gasteiger partial charge is 0.459 e. The SMILES string of the molecule is CCOC(C(C)C)C(NN)c1cc2cccc(C)c2o1. The number of furan rings is 1. The zero-order chi connectivity index (χ0) is 14.7. The second-order valence-corrected chi connectivity index (χ2v) is 5.45. The van der Waals surface area contributed by atoms with E-state index in [1.807, 2.05) is 38.1 Å². The van der Waals surface area contributed by atoms with Gasteiger partial charge in [-0.3, -0.25) is 5.84 Å². The van der Waals surface area contributed by atoms with Crippen molar-refractivity contribution in [3.05, 3.63) is 35.6 Å². The Morgan fingerprint density at radius 1 is 1.35 bits per heavy atom. The van der Waals surface area contributed by atoms with Crippen LogP contribution >= 0.6 is 0 Å². The van der Waals surface area contributed by atoms with Crippen LogP contribution in [0, 0.1) is 12.8 Å². The molecule has 20 heavy (non-hydrogen) atoms. The monoisotopic (exact) mass is 276 g/mol. The van der Waals surface area contributed by atoms with Crippen LogP contribution < -0.4 is 11.3 Å². The highest BCUT2D eigenvalue weighted by Crippen LogP contribution is 2.30. The first-order valence-electron chi connectivity index (χ1n) is 7.15. The molecule has 1 heterocycles. The number of aryl methyl sites for hydroxylation is 1. The van der Waals surface area contributed by atoms with Gasteiger partial charge in [0.15, 0.2) is 0 Å². The van der Waals surface area contributed by atoms with Gasteiger partial charge in [-0.05, 0) is 31.4 Å². The molecule has 110 valence electrons. The van der Waals surface area contributed by atoms with Crippen molar-refractivity contribution >= 4 is 11.0 Å². The molecule has 0 aliphatic heterocycles. The van der Waals surface area contributed by atoms with Crippen molar-refractivity contribution in [2.45, 2.75) is 39.8 Å². The molecule has 2 rings (SSSR count). The number of hydrazine groups is 1. The zero-order valence-corrected chi connectivity index (χ0v) is 12.6. The van der Waals surface area contributed by atoms with Crippen molar-refractivity contribution in [2.75, 3.05) is 6.61 Å². The highest BCUT2D eigenvalue weighted by atomic mass is 16.5. The molecule has 2 atom stereocenters. The number of ether oxygens (including phenoxy) is 1. The summed E-state index contributed by atoms with van der Waals surface area (Å²) in [4.78, 5) is 0.